The number of aryl methyl sites for hydroxylation is 1. The van der Waals surface area contributed by atoms with Gasteiger partial charge in [0.05, 0.1) is 16.7 Å². The molecule has 0 amide bonds. The molecule has 0 aliphatic carbocycles. The lowest BCUT2D eigenvalue weighted by atomic mass is 10.3. The van der Waals surface area contributed by atoms with Gasteiger partial charge in [0, 0.05) is 12.3 Å². The normalized spacial score (nSPS) is 10.9. The summed E-state index contributed by atoms with van der Waals surface area (Å²) in [7, 11) is 0. The lowest BCUT2D eigenvalue weighted by molar-refractivity contribution is 0.838. The zero-order valence-electron chi connectivity index (χ0n) is 12.9. The molecule has 1 aromatic carbocycles. The van der Waals surface area contributed by atoms with E-state index in [0.717, 1.165) is 5.69 Å². The minimum absolute atomic E-state index is 0.214. The van der Waals surface area contributed by atoms with Gasteiger partial charge < -0.3 is 10.3 Å². The predicted molar refractivity (Wildman–Crippen MR) is 91.7 cm³/mol. The van der Waals surface area contributed by atoms with Gasteiger partial charge in [-0.1, -0.05) is 18.2 Å². The van der Waals surface area contributed by atoms with E-state index in [1.54, 1.807) is 10.9 Å². The van der Waals surface area contributed by atoms with Crippen LogP contribution in [0, 0.1) is 6.92 Å². The number of pyridine rings is 1. The Labute approximate surface area is 137 Å². The van der Waals surface area contributed by atoms with Gasteiger partial charge in [0.1, 0.15) is 5.82 Å². The molecule has 0 bridgehead atoms. The van der Waals surface area contributed by atoms with Crippen LogP contribution >= 0.6 is 0 Å². The second-order valence-electron chi connectivity index (χ2n) is 5.33. The van der Waals surface area contributed by atoms with Gasteiger partial charge in [0.25, 0.3) is 5.56 Å². The average Bonchev–Trinajstić information content (AvgIpc) is 2.97. The number of H-pyrrole nitrogens is 1. The summed E-state index contributed by atoms with van der Waals surface area (Å²) < 4.78 is 1.64. The zero-order chi connectivity index (χ0) is 16.5. The summed E-state index contributed by atoms with van der Waals surface area (Å²) in [5.74, 6) is 1.50. The molecular formula is C17H14N6O. The first-order valence-electron chi connectivity index (χ1n) is 7.45. The Balaban J connectivity index is 1.79. The highest BCUT2D eigenvalue weighted by Crippen LogP contribution is 2.18. The number of benzene rings is 1. The summed E-state index contributed by atoms with van der Waals surface area (Å²) in [4.78, 5) is 23.8. The second-order valence-corrected chi connectivity index (χ2v) is 5.33. The van der Waals surface area contributed by atoms with Crippen LogP contribution in [0.25, 0.3) is 16.9 Å². The maximum absolute atomic E-state index is 12.3. The fraction of sp³-hybridized carbons (Fsp3) is 0.0588. The molecule has 7 nitrogen and oxygen atoms in total. The third-order valence-electron chi connectivity index (χ3n) is 3.54. The maximum atomic E-state index is 12.3. The standard InChI is InChI=1S/C17H14N6O/c1-11-10-15(23(22-11)14-8-4-5-9-18-14)21-16-17(24)20-13-7-3-2-6-12(13)19-16/h2-10H,1H3,(H,19,21)(H,20,24). The number of aromatic amines is 1. The monoisotopic (exact) mass is 318 g/mol. The number of nitrogens with one attached hydrogen (secondary N) is 2. The van der Waals surface area contributed by atoms with Crippen molar-refractivity contribution in [3.05, 3.63) is 70.8 Å². The Morgan fingerprint density at radius 2 is 1.96 bits per heavy atom. The molecule has 0 aliphatic rings. The van der Waals surface area contributed by atoms with Crippen molar-refractivity contribution in [1.29, 1.82) is 0 Å². The second kappa shape index (κ2) is 5.62. The van der Waals surface area contributed by atoms with Gasteiger partial charge in [-0.25, -0.2) is 9.97 Å². The summed E-state index contributed by atoms with van der Waals surface area (Å²) in [6.45, 7) is 1.88. The molecule has 3 heterocycles. The molecule has 3 aromatic heterocycles. The smallest absolute Gasteiger partial charge is 0.291 e. The van der Waals surface area contributed by atoms with Crippen LogP contribution < -0.4 is 10.9 Å². The summed E-state index contributed by atoms with van der Waals surface area (Å²) >= 11 is 0. The van der Waals surface area contributed by atoms with E-state index < -0.39 is 0 Å². The van der Waals surface area contributed by atoms with Crippen molar-refractivity contribution in [2.75, 3.05) is 5.32 Å². The zero-order valence-corrected chi connectivity index (χ0v) is 12.9. The van der Waals surface area contributed by atoms with Crippen molar-refractivity contribution in [3.8, 4) is 5.82 Å². The molecule has 118 valence electrons. The Bertz CT molecular complexity index is 1070. The van der Waals surface area contributed by atoms with Crippen LogP contribution in [0.3, 0.4) is 0 Å². The molecule has 0 aliphatic heterocycles. The maximum Gasteiger partial charge on any atom is 0.291 e. The third kappa shape index (κ3) is 2.52. The SMILES string of the molecule is Cc1cc(Nc2nc3ccccc3[nH]c2=O)n(-c2ccccn2)n1. The first-order chi connectivity index (χ1) is 11.7. The molecule has 2 N–H and O–H groups in total. The van der Waals surface area contributed by atoms with Gasteiger partial charge in [-0.2, -0.15) is 9.78 Å². The van der Waals surface area contributed by atoms with E-state index in [1.165, 1.54) is 0 Å². The molecule has 0 saturated carbocycles. The van der Waals surface area contributed by atoms with E-state index in [2.05, 4.69) is 25.4 Å². The number of nitrogens with zero attached hydrogens (tertiary/aromatic N) is 4. The van der Waals surface area contributed by atoms with Gasteiger partial charge in [-0.05, 0) is 31.2 Å². The minimum atomic E-state index is -0.292. The molecule has 0 fully saturated rings. The van der Waals surface area contributed by atoms with E-state index in [9.17, 15) is 4.79 Å². The van der Waals surface area contributed by atoms with Crippen LogP contribution in [0.2, 0.25) is 0 Å². The first-order valence-corrected chi connectivity index (χ1v) is 7.45. The number of aromatic nitrogens is 5. The Morgan fingerprint density at radius 1 is 1.12 bits per heavy atom. The molecule has 4 aromatic rings. The molecule has 0 unspecified atom stereocenters. The predicted octanol–water partition coefficient (Wildman–Crippen LogP) is 2.56. The molecule has 24 heavy (non-hydrogen) atoms. The Morgan fingerprint density at radius 3 is 2.79 bits per heavy atom. The van der Waals surface area contributed by atoms with Gasteiger partial charge >= 0.3 is 0 Å². The number of anilines is 2. The molecule has 7 heteroatoms. The first kappa shape index (κ1) is 14.1. The topological polar surface area (TPSA) is 88.5 Å². The van der Waals surface area contributed by atoms with Gasteiger partial charge in [0.2, 0.25) is 0 Å². The average molecular weight is 318 g/mol. The van der Waals surface area contributed by atoms with Crippen LogP contribution in [0.5, 0.6) is 0 Å². The van der Waals surface area contributed by atoms with E-state index >= 15 is 0 Å². The van der Waals surface area contributed by atoms with Crippen LogP contribution in [-0.4, -0.2) is 24.7 Å². The fourth-order valence-corrected chi connectivity index (χ4v) is 2.48. The molecular weight excluding hydrogens is 304 g/mol. The van der Waals surface area contributed by atoms with E-state index in [0.29, 0.717) is 22.7 Å². The summed E-state index contributed by atoms with van der Waals surface area (Å²) in [6, 6.07) is 14.8. The lowest BCUT2D eigenvalue weighted by Gasteiger charge is -2.08. The molecule has 0 spiro atoms. The highest BCUT2D eigenvalue weighted by atomic mass is 16.1. The number of para-hydroxylation sites is 2. The van der Waals surface area contributed by atoms with Crippen molar-refractivity contribution in [2.24, 2.45) is 0 Å². The minimum Gasteiger partial charge on any atom is -0.320 e. The molecule has 4 rings (SSSR count). The number of hydrogen-bond donors (Lipinski definition) is 2. The van der Waals surface area contributed by atoms with Crippen LogP contribution in [0.15, 0.2) is 59.5 Å². The number of rotatable bonds is 3. The van der Waals surface area contributed by atoms with Crippen LogP contribution in [0.1, 0.15) is 5.69 Å². The van der Waals surface area contributed by atoms with Crippen molar-refractivity contribution in [1.82, 2.24) is 24.7 Å². The largest absolute Gasteiger partial charge is 0.320 e. The molecule has 0 saturated heterocycles. The fourth-order valence-electron chi connectivity index (χ4n) is 2.48. The van der Waals surface area contributed by atoms with Crippen molar-refractivity contribution in [3.63, 3.8) is 0 Å². The van der Waals surface area contributed by atoms with Crippen molar-refractivity contribution in [2.45, 2.75) is 6.92 Å². The van der Waals surface area contributed by atoms with Gasteiger partial charge in [-0.3, -0.25) is 4.79 Å². The summed E-state index contributed by atoms with van der Waals surface area (Å²) in [6.07, 6.45) is 1.69. The van der Waals surface area contributed by atoms with E-state index in [-0.39, 0.29) is 11.4 Å². The number of hydrogen-bond acceptors (Lipinski definition) is 5. The quantitative estimate of drug-likeness (QED) is 0.606. The van der Waals surface area contributed by atoms with Crippen molar-refractivity contribution >= 4 is 22.7 Å². The van der Waals surface area contributed by atoms with Gasteiger partial charge in [-0.15, -0.1) is 0 Å². The molecule has 0 radical (unpaired) electrons. The van der Waals surface area contributed by atoms with Crippen LogP contribution in [-0.2, 0) is 0 Å². The Kier molecular flexibility index (Phi) is 3.31. The Hall–Kier alpha value is -3.48. The van der Waals surface area contributed by atoms with Crippen molar-refractivity contribution < 1.29 is 0 Å². The van der Waals surface area contributed by atoms with Crippen LogP contribution in [0.4, 0.5) is 11.6 Å². The van der Waals surface area contributed by atoms with E-state index in [4.69, 9.17) is 0 Å². The van der Waals surface area contributed by atoms with E-state index in [1.807, 2.05) is 55.5 Å². The highest BCUT2D eigenvalue weighted by Gasteiger charge is 2.12. The third-order valence-corrected chi connectivity index (χ3v) is 3.54. The molecule has 0 atom stereocenters. The lowest BCUT2D eigenvalue weighted by Crippen LogP contribution is -2.15. The summed E-state index contributed by atoms with van der Waals surface area (Å²) in [5, 5.41) is 7.48. The highest BCUT2D eigenvalue weighted by molar-refractivity contribution is 5.75. The summed E-state index contributed by atoms with van der Waals surface area (Å²) in [5.41, 5.74) is 1.92. The van der Waals surface area contributed by atoms with Gasteiger partial charge in [0.15, 0.2) is 11.6 Å². The number of fused-ring (bicyclic) bond motifs is 1.